The lowest BCUT2D eigenvalue weighted by atomic mass is 10.1. The Morgan fingerprint density at radius 2 is 2.17 bits per heavy atom. The number of hydrogen-bond acceptors (Lipinski definition) is 0. The van der Waals surface area contributed by atoms with E-state index in [1.165, 1.54) is 16.3 Å². The van der Waals surface area contributed by atoms with Gasteiger partial charge in [-0.15, -0.1) is 11.6 Å². The van der Waals surface area contributed by atoms with Crippen LogP contribution in [0.4, 0.5) is 0 Å². The van der Waals surface area contributed by atoms with Crippen LogP contribution in [0.15, 0.2) is 29.5 Å². The fraction of sp³-hybridized carbons (Fsp3) is 0.200. The second-order valence-electron chi connectivity index (χ2n) is 2.86. The van der Waals surface area contributed by atoms with Gasteiger partial charge in [0.05, 0.1) is 9.52 Å². The van der Waals surface area contributed by atoms with Crippen LogP contribution in [0.3, 0.4) is 0 Å². The van der Waals surface area contributed by atoms with Gasteiger partial charge < -0.3 is 0 Å². The van der Waals surface area contributed by atoms with Gasteiger partial charge in [0.2, 0.25) is 0 Å². The number of alkyl halides is 1. The molecule has 2 rings (SSSR count). The summed E-state index contributed by atoms with van der Waals surface area (Å²) in [6.45, 7) is 0. The molecule has 1 aliphatic rings. The Bertz CT molecular complexity index is 317. The molecule has 0 nitrogen and oxygen atoms in total. The molecule has 0 fully saturated rings. The van der Waals surface area contributed by atoms with Crippen LogP contribution >= 0.6 is 11.6 Å². The molecule has 1 aromatic carbocycles. The maximum Gasteiger partial charge on any atom is 0.0936 e. The second-order valence-corrected chi connectivity index (χ2v) is 4.92. The van der Waals surface area contributed by atoms with Gasteiger partial charge in [-0.05, 0) is 17.5 Å². The highest BCUT2D eigenvalue weighted by Crippen LogP contribution is 2.23. The van der Waals surface area contributed by atoms with Crippen LogP contribution in [0.1, 0.15) is 11.1 Å². The van der Waals surface area contributed by atoms with Crippen LogP contribution in [0, 0.1) is 0 Å². The molecule has 60 valence electrons. The zero-order valence-corrected chi connectivity index (χ0v) is 8.43. The van der Waals surface area contributed by atoms with Gasteiger partial charge >= 0.3 is 0 Å². The molecule has 0 heterocycles. The minimum atomic E-state index is 0.764. The fourth-order valence-corrected chi connectivity index (χ4v) is 2.74. The highest BCUT2D eigenvalue weighted by molar-refractivity contribution is 6.57. The fourth-order valence-electron chi connectivity index (χ4n) is 1.48. The van der Waals surface area contributed by atoms with Crippen molar-refractivity contribution in [2.24, 2.45) is 0 Å². The van der Waals surface area contributed by atoms with Crippen LogP contribution in [-0.2, 0) is 6.42 Å². The van der Waals surface area contributed by atoms with Crippen molar-refractivity contribution in [3.63, 3.8) is 0 Å². The minimum absolute atomic E-state index is 0.764. The third-order valence-electron chi connectivity index (χ3n) is 2.06. The molecule has 0 aromatic heterocycles. The lowest BCUT2D eigenvalue weighted by Gasteiger charge is -1.96. The van der Waals surface area contributed by atoms with Gasteiger partial charge in [-0.1, -0.05) is 35.5 Å². The maximum atomic E-state index is 5.70. The summed E-state index contributed by atoms with van der Waals surface area (Å²) >= 11 is 5.70. The van der Waals surface area contributed by atoms with Crippen LogP contribution < -0.4 is 0 Å². The van der Waals surface area contributed by atoms with E-state index in [1.807, 2.05) is 0 Å². The zero-order valence-electron chi connectivity index (χ0n) is 6.68. The Morgan fingerprint density at radius 3 is 2.92 bits per heavy atom. The Labute approximate surface area is 80.1 Å². The summed E-state index contributed by atoms with van der Waals surface area (Å²) in [6, 6.07) is 8.54. The van der Waals surface area contributed by atoms with Crippen molar-refractivity contribution in [1.29, 1.82) is 0 Å². The van der Waals surface area contributed by atoms with E-state index in [9.17, 15) is 0 Å². The number of hydrogen-bond donors (Lipinski definition) is 0. The van der Waals surface area contributed by atoms with Crippen LogP contribution in [0.5, 0.6) is 0 Å². The predicted molar refractivity (Wildman–Crippen MR) is 54.6 cm³/mol. The molecule has 2 heteroatoms. The molecule has 1 aromatic rings. The van der Waals surface area contributed by atoms with Gasteiger partial charge in [0, 0.05) is 5.50 Å². The summed E-state index contributed by atoms with van der Waals surface area (Å²) in [5, 5.41) is 1.49. The minimum Gasteiger partial charge on any atom is -0.130 e. The number of allylic oxidation sites excluding steroid dienone is 1. The van der Waals surface area contributed by atoms with E-state index in [2.05, 4.69) is 30.3 Å². The Hall–Kier alpha value is -0.533. The largest absolute Gasteiger partial charge is 0.130 e. The first-order valence-corrected chi connectivity index (χ1v) is 5.72. The molecule has 0 N–H and O–H groups in total. The average molecular weight is 193 g/mol. The van der Waals surface area contributed by atoms with E-state index in [0.717, 1.165) is 21.4 Å². The van der Waals surface area contributed by atoms with E-state index in [-0.39, 0.29) is 0 Å². The first-order valence-electron chi connectivity index (χ1n) is 3.98. The molecular formula is C10H9ClSi. The van der Waals surface area contributed by atoms with Crippen molar-refractivity contribution in [3.8, 4) is 0 Å². The topological polar surface area (TPSA) is 0 Å². The molecule has 0 bridgehead atoms. The number of halogens is 1. The van der Waals surface area contributed by atoms with Gasteiger partial charge in [0.1, 0.15) is 0 Å². The standard InChI is InChI=1S/C10H9ClSi/c11-7-12-10-5-8-3-1-2-4-9(8)6-10/h1-5H,6-7H2. The third-order valence-corrected chi connectivity index (χ3v) is 3.37. The first kappa shape index (κ1) is 8.08. The summed E-state index contributed by atoms with van der Waals surface area (Å²) in [4.78, 5) is 0. The molecule has 0 saturated heterocycles. The smallest absolute Gasteiger partial charge is 0.0936 e. The van der Waals surface area contributed by atoms with Crippen LogP contribution in [0.25, 0.3) is 6.08 Å². The number of benzene rings is 1. The Morgan fingerprint density at radius 1 is 1.33 bits per heavy atom. The number of rotatable bonds is 2. The summed E-state index contributed by atoms with van der Waals surface area (Å²) in [6.07, 6.45) is 3.39. The molecule has 2 radical (unpaired) electrons. The van der Waals surface area contributed by atoms with Crippen molar-refractivity contribution in [3.05, 3.63) is 40.6 Å². The molecule has 0 unspecified atom stereocenters. The van der Waals surface area contributed by atoms with Gasteiger partial charge in [-0.3, -0.25) is 0 Å². The van der Waals surface area contributed by atoms with Crippen molar-refractivity contribution in [2.75, 3.05) is 5.50 Å². The van der Waals surface area contributed by atoms with E-state index in [4.69, 9.17) is 11.6 Å². The van der Waals surface area contributed by atoms with Crippen molar-refractivity contribution >= 4 is 27.2 Å². The summed E-state index contributed by atoms with van der Waals surface area (Å²) in [5.74, 6) is 0. The summed E-state index contributed by atoms with van der Waals surface area (Å²) in [5.41, 5.74) is 3.59. The van der Waals surface area contributed by atoms with Crippen LogP contribution in [-0.4, -0.2) is 15.0 Å². The molecule has 0 amide bonds. The summed E-state index contributed by atoms with van der Waals surface area (Å²) < 4.78 is 0. The van der Waals surface area contributed by atoms with Crippen molar-refractivity contribution < 1.29 is 0 Å². The van der Waals surface area contributed by atoms with E-state index in [1.54, 1.807) is 0 Å². The van der Waals surface area contributed by atoms with Gasteiger partial charge in [-0.2, -0.15) is 0 Å². The zero-order chi connectivity index (χ0) is 8.39. The van der Waals surface area contributed by atoms with Gasteiger partial charge in [0.25, 0.3) is 0 Å². The molecular weight excluding hydrogens is 184 g/mol. The molecule has 1 aliphatic carbocycles. The van der Waals surface area contributed by atoms with Crippen LogP contribution in [0.2, 0.25) is 0 Å². The van der Waals surface area contributed by atoms with Crippen molar-refractivity contribution in [1.82, 2.24) is 0 Å². The lowest BCUT2D eigenvalue weighted by Crippen LogP contribution is -1.97. The molecule has 0 atom stereocenters. The average Bonchev–Trinajstić information content (AvgIpc) is 2.47. The first-order chi connectivity index (χ1) is 5.90. The predicted octanol–water partition coefficient (Wildman–Crippen LogP) is 2.48. The maximum absolute atomic E-state index is 5.70. The third kappa shape index (κ3) is 1.47. The quantitative estimate of drug-likeness (QED) is 0.499. The normalized spacial score (nSPS) is 14.2. The van der Waals surface area contributed by atoms with E-state index < -0.39 is 0 Å². The molecule has 0 aliphatic heterocycles. The molecule has 0 spiro atoms. The SMILES string of the molecule is ClC[Si]C1=Cc2ccccc2C1. The highest BCUT2D eigenvalue weighted by Gasteiger charge is 2.10. The molecule has 12 heavy (non-hydrogen) atoms. The van der Waals surface area contributed by atoms with Gasteiger partial charge in [-0.25, -0.2) is 0 Å². The number of fused-ring (bicyclic) bond motifs is 1. The summed E-state index contributed by atoms with van der Waals surface area (Å²) in [7, 11) is 0.791. The highest BCUT2D eigenvalue weighted by atomic mass is 35.5. The van der Waals surface area contributed by atoms with Crippen molar-refractivity contribution in [2.45, 2.75) is 6.42 Å². The van der Waals surface area contributed by atoms with Gasteiger partial charge in [0.15, 0.2) is 0 Å². The molecule has 0 saturated carbocycles. The second kappa shape index (κ2) is 3.46. The monoisotopic (exact) mass is 192 g/mol. The Balaban J connectivity index is 2.23. The lowest BCUT2D eigenvalue weighted by molar-refractivity contribution is 1.28. The van der Waals surface area contributed by atoms with E-state index in [0.29, 0.717) is 0 Å². The van der Waals surface area contributed by atoms with E-state index >= 15 is 0 Å². The Kier molecular flexibility index (Phi) is 2.33.